The van der Waals surface area contributed by atoms with Crippen LogP contribution in [-0.4, -0.2) is 65.3 Å². The van der Waals surface area contributed by atoms with E-state index in [0.717, 1.165) is 0 Å². The molecule has 2 aliphatic heterocycles. The molecule has 4 aromatic rings. The molecule has 0 aliphatic carbocycles. The third-order valence-corrected chi connectivity index (χ3v) is 8.48. The Bertz CT molecular complexity index is 1810. The van der Waals surface area contributed by atoms with Crippen molar-refractivity contribution in [2.24, 2.45) is 0 Å². The van der Waals surface area contributed by atoms with Gasteiger partial charge in [-0.3, -0.25) is 14.2 Å². The van der Waals surface area contributed by atoms with Crippen LogP contribution in [0.15, 0.2) is 35.4 Å². The van der Waals surface area contributed by atoms with E-state index in [9.17, 15) is 9.59 Å². The lowest BCUT2D eigenvalue weighted by molar-refractivity contribution is -0.120. The summed E-state index contributed by atoms with van der Waals surface area (Å²) in [5.41, 5.74) is 2.88. The minimum absolute atomic E-state index is 0.00450. The lowest BCUT2D eigenvalue weighted by atomic mass is 9.98. The number of rotatable bonds is 5. The van der Waals surface area contributed by atoms with E-state index in [1.807, 2.05) is 32.6 Å². The number of hydrogen-bond donors (Lipinski definition) is 1. The third kappa shape index (κ3) is 4.44. The average molecular weight is 606 g/mol. The molecule has 12 heteroatoms. The van der Waals surface area contributed by atoms with Gasteiger partial charge in [-0.15, -0.1) is 0 Å². The van der Waals surface area contributed by atoms with E-state index in [1.54, 1.807) is 25.2 Å². The molecule has 5 heterocycles. The van der Waals surface area contributed by atoms with Crippen LogP contribution in [0.5, 0.6) is 5.75 Å². The molecule has 1 fully saturated rings. The van der Waals surface area contributed by atoms with Gasteiger partial charge in [0.25, 0.3) is 11.5 Å². The molecule has 1 amide bonds. The van der Waals surface area contributed by atoms with Gasteiger partial charge in [-0.25, -0.2) is 19.3 Å². The van der Waals surface area contributed by atoms with E-state index in [1.165, 1.54) is 29.0 Å². The van der Waals surface area contributed by atoms with Crippen LogP contribution in [-0.2, 0) is 4.79 Å². The zero-order valence-corrected chi connectivity index (χ0v) is 25.7. The first kappa shape index (κ1) is 29.0. The standard InChI is InChI=1S/C31H33ClFN7O3/c1-15(2)23-26(24(16(3)4)36-14-35-23)40-29-18(12-17(28(32)37-29)22-19(33)8-7-9-21(22)43-6)25-27(31(40)42)38(5)30(41)20-13-34-10-11-39(20)25/h7-9,12,14-16,20,34H,10-11,13H2,1-6H3/t20-/m1/s1. The Kier molecular flexibility index (Phi) is 7.34. The number of benzene rings is 1. The fourth-order valence-corrected chi connectivity index (χ4v) is 6.41. The first-order valence-corrected chi connectivity index (χ1v) is 14.7. The van der Waals surface area contributed by atoms with Gasteiger partial charge in [0.15, 0.2) is 5.65 Å². The maximum Gasteiger partial charge on any atom is 0.283 e. The summed E-state index contributed by atoms with van der Waals surface area (Å²) in [5, 5.41) is 3.82. The summed E-state index contributed by atoms with van der Waals surface area (Å²) in [5.74, 6) is -0.570. The smallest absolute Gasteiger partial charge is 0.283 e. The molecule has 10 nitrogen and oxygen atoms in total. The Balaban J connectivity index is 1.83. The SMILES string of the molecule is COc1cccc(F)c1-c1cc2c3c(c(=O)n(-c4c(C(C)C)ncnc4C(C)C)c2nc1Cl)N(C)C(=O)[C@H]1CNCCN31. The molecule has 3 aromatic heterocycles. The zero-order valence-electron chi connectivity index (χ0n) is 24.9. The second-order valence-electron chi connectivity index (χ2n) is 11.5. The van der Waals surface area contributed by atoms with Crippen LogP contribution < -0.4 is 25.4 Å². The highest BCUT2D eigenvalue weighted by molar-refractivity contribution is 6.33. The number of fused-ring (bicyclic) bond motifs is 5. The van der Waals surface area contributed by atoms with Gasteiger partial charge in [-0.05, 0) is 30.0 Å². The van der Waals surface area contributed by atoms with Crippen LogP contribution in [0.3, 0.4) is 0 Å². The number of nitrogens with one attached hydrogen (secondary N) is 1. The Hall–Kier alpha value is -4.09. The molecular weight excluding hydrogens is 573 g/mol. The van der Waals surface area contributed by atoms with Crippen LogP contribution in [0.4, 0.5) is 15.8 Å². The molecule has 0 bridgehead atoms. The summed E-state index contributed by atoms with van der Waals surface area (Å²) < 4.78 is 22.4. The fourth-order valence-electron chi connectivity index (χ4n) is 6.18. The first-order valence-electron chi connectivity index (χ1n) is 14.3. The quantitative estimate of drug-likeness (QED) is 0.328. The molecule has 0 unspecified atom stereocenters. The van der Waals surface area contributed by atoms with Gasteiger partial charge in [0.1, 0.15) is 34.8 Å². The van der Waals surface area contributed by atoms with Gasteiger partial charge in [0, 0.05) is 37.6 Å². The number of pyridine rings is 2. The number of aromatic nitrogens is 4. The Morgan fingerprint density at radius 1 is 1.07 bits per heavy atom. The van der Waals surface area contributed by atoms with E-state index >= 15 is 4.39 Å². The van der Waals surface area contributed by atoms with Crippen molar-refractivity contribution in [2.45, 2.75) is 45.6 Å². The maximum absolute atomic E-state index is 15.4. The minimum atomic E-state index is -0.530. The highest BCUT2D eigenvalue weighted by Crippen LogP contribution is 2.44. The number of nitrogens with zero attached hydrogens (tertiary/aromatic N) is 6. The van der Waals surface area contributed by atoms with Crippen molar-refractivity contribution >= 4 is 39.9 Å². The Labute approximate surface area is 253 Å². The van der Waals surface area contributed by atoms with Crippen molar-refractivity contribution in [3.8, 4) is 22.6 Å². The number of likely N-dealkylation sites (N-methyl/N-ethyl adjacent to an activating group) is 1. The molecule has 1 aromatic carbocycles. The van der Waals surface area contributed by atoms with E-state index in [4.69, 9.17) is 21.3 Å². The molecule has 1 saturated heterocycles. The molecule has 43 heavy (non-hydrogen) atoms. The lowest BCUT2D eigenvalue weighted by Crippen LogP contribution is -2.62. The molecule has 0 radical (unpaired) electrons. The van der Waals surface area contributed by atoms with Gasteiger partial charge >= 0.3 is 0 Å². The Morgan fingerprint density at radius 3 is 2.42 bits per heavy atom. The number of amides is 1. The minimum Gasteiger partial charge on any atom is -0.496 e. The number of piperazine rings is 1. The summed E-state index contributed by atoms with van der Waals surface area (Å²) in [6, 6.07) is 5.76. The van der Waals surface area contributed by atoms with Crippen molar-refractivity contribution in [2.75, 3.05) is 43.6 Å². The summed E-state index contributed by atoms with van der Waals surface area (Å²) >= 11 is 6.86. The molecule has 224 valence electrons. The van der Waals surface area contributed by atoms with Crippen LogP contribution in [0.1, 0.15) is 50.9 Å². The number of carbonyl (C=O) groups excluding carboxylic acids is 1. The molecule has 0 saturated carbocycles. The number of carbonyl (C=O) groups is 1. The fraction of sp³-hybridized carbons (Fsp3) is 0.387. The van der Waals surface area contributed by atoms with E-state index < -0.39 is 17.4 Å². The van der Waals surface area contributed by atoms with Crippen molar-refractivity contribution < 1.29 is 13.9 Å². The normalized spacial score (nSPS) is 16.7. The van der Waals surface area contributed by atoms with Gasteiger partial charge in [-0.2, -0.15) is 0 Å². The summed E-state index contributed by atoms with van der Waals surface area (Å²) in [6.45, 7) is 9.49. The summed E-state index contributed by atoms with van der Waals surface area (Å²) in [6.07, 6.45) is 1.50. The lowest BCUT2D eigenvalue weighted by Gasteiger charge is -2.44. The molecule has 2 aliphatic rings. The maximum atomic E-state index is 15.4. The topological polar surface area (TPSA) is 105 Å². The highest BCUT2D eigenvalue weighted by Gasteiger charge is 2.42. The number of methoxy groups -OCH3 is 1. The van der Waals surface area contributed by atoms with Crippen LogP contribution in [0.2, 0.25) is 5.15 Å². The van der Waals surface area contributed by atoms with Gasteiger partial charge in [0.05, 0.1) is 35.4 Å². The van der Waals surface area contributed by atoms with E-state index in [0.29, 0.717) is 59.1 Å². The van der Waals surface area contributed by atoms with Crippen LogP contribution in [0, 0.1) is 5.82 Å². The van der Waals surface area contributed by atoms with E-state index in [-0.39, 0.29) is 39.8 Å². The van der Waals surface area contributed by atoms with Crippen molar-refractivity contribution in [3.63, 3.8) is 0 Å². The van der Waals surface area contributed by atoms with Crippen LogP contribution in [0.25, 0.3) is 27.8 Å². The summed E-state index contributed by atoms with van der Waals surface area (Å²) in [7, 11) is 3.07. The van der Waals surface area contributed by atoms with Gasteiger partial charge < -0.3 is 19.9 Å². The number of ether oxygens (including phenoxy) is 1. The average Bonchev–Trinajstić information content (AvgIpc) is 2.99. The monoisotopic (exact) mass is 605 g/mol. The second-order valence-corrected chi connectivity index (χ2v) is 11.8. The van der Waals surface area contributed by atoms with Crippen LogP contribution >= 0.6 is 11.6 Å². The second kappa shape index (κ2) is 10.9. The Morgan fingerprint density at radius 2 is 1.77 bits per heavy atom. The van der Waals surface area contributed by atoms with Crippen molar-refractivity contribution in [1.82, 2.24) is 24.8 Å². The predicted molar refractivity (Wildman–Crippen MR) is 165 cm³/mol. The molecule has 1 atom stereocenters. The number of anilines is 2. The highest BCUT2D eigenvalue weighted by atomic mass is 35.5. The van der Waals surface area contributed by atoms with Gasteiger partial charge in [0.2, 0.25) is 0 Å². The largest absolute Gasteiger partial charge is 0.496 e. The predicted octanol–water partition coefficient (Wildman–Crippen LogP) is 4.65. The molecule has 0 spiro atoms. The molecule has 1 N–H and O–H groups in total. The number of halogens is 2. The molecule has 6 rings (SSSR count). The van der Waals surface area contributed by atoms with Gasteiger partial charge in [-0.1, -0.05) is 45.4 Å². The van der Waals surface area contributed by atoms with Crippen molar-refractivity contribution in [3.05, 3.63) is 63.3 Å². The van der Waals surface area contributed by atoms with E-state index in [2.05, 4.69) is 15.3 Å². The first-order chi connectivity index (χ1) is 20.6. The summed E-state index contributed by atoms with van der Waals surface area (Å²) in [4.78, 5) is 45.7. The number of hydrogen-bond acceptors (Lipinski definition) is 8. The van der Waals surface area contributed by atoms with Crippen molar-refractivity contribution in [1.29, 1.82) is 0 Å². The zero-order chi connectivity index (χ0) is 30.7. The molecular formula is C31H33ClFN7O3. The third-order valence-electron chi connectivity index (χ3n) is 8.20.